The van der Waals surface area contributed by atoms with E-state index in [1.165, 1.54) is 5.56 Å². The van der Waals surface area contributed by atoms with Gasteiger partial charge in [0.1, 0.15) is 6.10 Å². The van der Waals surface area contributed by atoms with Crippen LogP contribution in [0.1, 0.15) is 18.9 Å². The first-order chi connectivity index (χ1) is 9.63. The van der Waals surface area contributed by atoms with E-state index < -0.39 is 0 Å². The van der Waals surface area contributed by atoms with Crippen molar-refractivity contribution in [1.29, 1.82) is 0 Å². The Hall–Kier alpha value is -1.10. The van der Waals surface area contributed by atoms with Crippen LogP contribution in [0.15, 0.2) is 24.3 Å². The maximum Gasteiger partial charge on any atom is 0.103 e. The van der Waals surface area contributed by atoms with E-state index in [9.17, 15) is 0 Å². The average molecular weight is 278 g/mol. The topological polar surface area (TPSA) is 33.7 Å². The van der Waals surface area contributed by atoms with Crippen LogP contribution in [0.25, 0.3) is 0 Å². The highest BCUT2D eigenvalue weighted by atomic mass is 16.5. The Morgan fingerprint density at radius 3 is 2.80 bits per heavy atom. The van der Waals surface area contributed by atoms with Gasteiger partial charge in [0.25, 0.3) is 0 Å². The lowest BCUT2D eigenvalue weighted by Gasteiger charge is -2.43. The van der Waals surface area contributed by atoms with E-state index in [2.05, 4.69) is 48.6 Å². The second-order valence-electron chi connectivity index (χ2n) is 5.62. The molecule has 0 saturated heterocycles. The summed E-state index contributed by atoms with van der Waals surface area (Å²) in [6.45, 7) is 3.73. The van der Waals surface area contributed by atoms with Gasteiger partial charge in [-0.1, -0.05) is 12.1 Å². The zero-order chi connectivity index (χ0) is 14.5. The van der Waals surface area contributed by atoms with Crippen molar-refractivity contribution >= 4 is 5.69 Å². The number of benzene rings is 1. The maximum absolute atomic E-state index is 5.65. The molecule has 1 aliphatic rings. The van der Waals surface area contributed by atoms with Crippen LogP contribution in [0.4, 0.5) is 5.69 Å². The van der Waals surface area contributed by atoms with Crippen LogP contribution >= 0.6 is 0 Å². The molecule has 2 rings (SSSR count). The number of nitrogens with one attached hydrogen (secondary N) is 1. The summed E-state index contributed by atoms with van der Waals surface area (Å²) in [6.07, 6.45) is 1.38. The third-order valence-corrected chi connectivity index (χ3v) is 3.68. The molecule has 0 amide bonds. The molecule has 112 valence electrons. The van der Waals surface area contributed by atoms with Crippen LogP contribution in [0.2, 0.25) is 0 Å². The van der Waals surface area contributed by atoms with Crippen molar-refractivity contribution in [2.75, 3.05) is 33.1 Å². The second kappa shape index (κ2) is 7.07. The lowest BCUT2D eigenvalue weighted by molar-refractivity contribution is -0.118. The maximum atomic E-state index is 5.65. The van der Waals surface area contributed by atoms with Gasteiger partial charge in [0, 0.05) is 25.9 Å². The van der Waals surface area contributed by atoms with Crippen molar-refractivity contribution in [2.24, 2.45) is 0 Å². The van der Waals surface area contributed by atoms with Crippen molar-refractivity contribution in [2.45, 2.75) is 38.1 Å². The van der Waals surface area contributed by atoms with E-state index in [0.717, 1.165) is 25.3 Å². The predicted octanol–water partition coefficient (Wildman–Crippen LogP) is 2.35. The van der Waals surface area contributed by atoms with E-state index in [4.69, 9.17) is 9.47 Å². The number of rotatable bonds is 7. The summed E-state index contributed by atoms with van der Waals surface area (Å²) in [6, 6.07) is 8.91. The first-order valence-electron chi connectivity index (χ1n) is 7.28. The van der Waals surface area contributed by atoms with Crippen LogP contribution in [0.5, 0.6) is 0 Å². The minimum atomic E-state index is 0.146. The number of ether oxygens (including phenoxy) is 2. The summed E-state index contributed by atoms with van der Waals surface area (Å²) < 4.78 is 11.2. The van der Waals surface area contributed by atoms with Crippen molar-refractivity contribution in [1.82, 2.24) is 4.90 Å². The molecule has 1 aromatic rings. The fourth-order valence-electron chi connectivity index (χ4n) is 2.75. The van der Waals surface area contributed by atoms with Gasteiger partial charge in [-0.05, 0) is 45.1 Å². The van der Waals surface area contributed by atoms with Crippen LogP contribution in [0.3, 0.4) is 0 Å². The zero-order valence-corrected chi connectivity index (χ0v) is 12.9. The second-order valence-corrected chi connectivity index (χ2v) is 5.62. The molecule has 3 unspecified atom stereocenters. The smallest absolute Gasteiger partial charge is 0.103 e. The van der Waals surface area contributed by atoms with Gasteiger partial charge >= 0.3 is 0 Å². The molecular weight excluding hydrogens is 252 g/mol. The lowest BCUT2D eigenvalue weighted by Crippen LogP contribution is -2.56. The SMILES string of the molecule is CCOC1CC(Nc2cccc(CN(C)C)c2)C1OC. The Kier molecular flexibility index (Phi) is 5.40. The molecule has 1 aliphatic carbocycles. The molecular formula is C16H26N2O2. The summed E-state index contributed by atoms with van der Waals surface area (Å²) in [7, 11) is 5.92. The monoisotopic (exact) mass is 278 g/mol. The molecule has 1 N–H and O–H groups in total. The third kappa shape index (κ3) is 3.72. The van der Waals surface area contributed by atoms with Gasteiger partial charge in [-0.2, -0.15) is 0 Å². The molecule has 0 bridgehead atoms. The standard InChI is InChI=1S/C16H26N2O2/c1-5-20-15-10-14(16(15)19-4)17-13-8-6-7-12(9-13)11-18(2)3/h6-9,14-17H,5,10-11H2,1-4H3. The van der Waals surface area contributed by atoms with Gasteiger partial charge in [0.05, 0.1) is 12.1 Å². The molecule has 3 atom stereocenters. The molecule has 1 aromatic carbocycles. The molecule has 1 fully saturated rings. The molecule has 1 saturated carbocycles. The fourth-order valence-corrected chi connectivity index (χ4v) is 2.75. The summed E-state index contributed by atoms with van der Waals surface area (Å²) in [5, 5.41) is 3.56. The molecule has 0 radical (unpaired) electrons. The van der Waals surface area contributed by atoms with E-state index in [1.54, 1.807) is 7.11 Å². The number of methoxy groups -OCH3 is 1. The zero-order valence-electron chi connectivity index (χ0n) is 12.9. The Bertz CT molecular complexity index is 423. The normalized spacial score (nSPS) is 25.6. The summed E-state index contributed by atoms with van der Waals surface area (Å²) in [5.74, 6) is 0. The average Bonchev–Trinajstić information content (AvgIpc) is 2.37. The quantitative estimate of drug-likeness (QED) is 0.830. The molecule has 0 aromatic heterocycles. The van der Waals surface area contributed by atoms with Gasteiger partial charge in [-0.25, -0.2) is 0 Å². The van der Waals surface area contributed by atoms with E-state index >= 15 is 0 Å². The summed E-state index contributed by atoms with van der Waals surface area (Å²) in [5.41, 5.74) is 2.47. The highest BCUT2D eigenvalue weighted by molar-refractivity contribution is 5.47. The van der Waals surface area contributed by atoms with Crippen molar-refractivity contribution in [3.05, 3.63) is 29.8 Å². The number of hydrogen-bond donors (Lipinski definition) is 1. The minimum absolute atomic E-state index is 0.146. The first-order valence-corrected chi connectivity index (χ1v) is 7.28. The molecule has 0 heterocycles. The molecule has 4 nitrogen and oxygen atoms in total. The minimum Gasteiger partial charge on any atom is -0.379 e. The van der Waals surface area contributed by atoms with Gasteiger partial charge < -0.3 is 19.7 Å². The molecule has 4 heteroatoms. The third-order valence-electron chi connectivity index (χ3n) is 3.68. The predicted molar refractivity (Wildman–Crippen MR) is 82.1 cm³/mol. The largest absolute Gasteiger partial charge is 0.379 e. The highest BCUT2D eigenvalue weighted by Gasteiger charge is 2.42. The Labute approximate surface area is 122 Å². The molecule has 0 aliphatic heterocycles. The van der Waals surface area contributed by atoms with Crippen LogP contribution in [0, 0.1) is 0 Å². The summed E-state index contributed by atoms with van der Waals surface area (Å²) >= 11 is 0. The number of nitrogens with zero attached hydrogens (tertiary/aromatic N) is 1. The van der Waals surface area contributed by atoms with E-state index in [1.807, 2.05) is 6.92 Å². The Balaban J connectivity index is 1.93. The van der Waals surface area contributed by atoms with Gasteiger partial charge in [0.2, 0.25) is 0 Å². The van der Waals surface area contributed by atoms with E-state index in [0.29, 0.717) is 6.04 Å². The molecule has 20 heavy (non-hydrogen) atoms. The van der Waals surface area contributed by atoms with Crippen LogP contribution < -0.4 is 5.32 Å². The van der Waals surface area contributed by atoms with Crippen molar-refractivity contribution in [3.8, 4) is 0 Å². The summed E-state index contributed by atoms with van der Waals surface area (Å²) in [4.78, 5) is 2.17. The number of anilines is 1. The van der Waals surface area contributed by atoms with Gasteiger partial charge in [0.15, 0.2) is 0 Å². The Morgan fingerprint density at radius 2 is 2.15 bits per heavy atom. The first kappa shape index (κ1) is 15.3. The Morgan fingerprint density at radius 1 is 1.35 bits per heavy atom. The number of hydrogen-bond acceptors (Lipinski definition) is 4. The van der Waals surface area contributed by atoms with Crippen LogP contribution in [-0.4, -0.2) is 51.0 Å². The fraction of sp³-hybridized carbons (Fsp3) is 0.625. The van der Waals surface area contributed by atoms with E-state index in [-0.39, 0.29) is 12.2 Å². The van der Waals surface area contributed by atoms with Crippen molar-refractivity contribution in [3.63, 3.8) is 0 Å². The van der Waals surface area contributed by atoms with Crippen molar-refractivity contribution < 1.29 is 9.47 Å². The van der Waals surface area contributed by atoms with Gasteiger partial charge in [-0.3, -0.25) is 0 Å². The molecule has 0 spiro atoms. The highest BCUT2D eigenvalue weighted by Crippen LogP contribution is 2.30. The lowest BCUT2D eigenvalue weighted by atomic mass is 9.85. The van der Waals surface area contributed by atoms with Gasteiger partial charge in [-0.15, -0.1) is 0 Å². The van der Waals surface area contributed by atoms with Crippen LogP contribution in [-0.2, 0) is 16.0 Å².